The highest BCUT2D eigenvalue weighted by atomic mass is 32.1. The Bertz CT molecular complexity index is 1250. The van der Waals surface area contributed by atoms with E-state index >= 15 is 0 Å². The molecule has 2 aromatic carbocycles. The van der Waals surface area contributed by atoms with Crippen LogP contribution >= 0.6 is 11.3 Å². The first-order valence-electron chi connectivity index (χ1n) is 10.1. The van der Waals surface area contributed by atoms with Gasteiger partial charge in [-0.2, -0.15) is 0 Å². The van der Waals surface area contributed by atoms with Crippen molar-refractivity contribution < 1.29 is 9.59 Å². The van der Waals surface area contributed by atoms with Crippen LogP contribution in [0.4, 0.5) is 0 Å². The highest BCUT2D eigenvalue weighted by molar-refractivity contribution is 7.18. The number of thiazole rings is 1. The summed E-state index contributed by atoms with van der Waals surface area (Å²) in [6.07, 6.45) is 6.90. The fourth-order valence-corrected chi connectivity index (χ4v) is 4.90. The topological polar surface area (TPSA) is 115 Å². The van der Waals surface area contributed by atoms with E-state index in [1.165, 1.54) is 11.0 Å². The summed E-state index contributed by atoms with van der Waals surface area (Å²) in [5.74, 6) is -0.949. The molecule has 0 aliphatic heterocycles. The second-order valence-electron chi connectivity index (χ2n) is 7.42. The van der Waals surface area contributed by atoms with Crippen molar-refractivity contribution in [2.45, 2.75) is 18.8 Å². The number of aromatic nitrogens is 5. The van der Waals surface area contributed by atoms with E-state index in [0.717, 1.165) is 27.3 Å². The molecule has 32 heavy (non-hydrogen) atoms. The number of nitrogens with zero attached hydrogens (tertiary/aromatic N) is 5. The van der Waals surface area contributed by atoms with Crippen molar-refractivity contribution >= 4 is 33.4 Å². The van der Waals surface area contributed by atoms with Crippen LogP contribution in [-0.2, 0) is 4.79 Å². The monoisotopic (exact) mass is 445 g/mol. The number of hydrogen-bond donors (Lipinski definition) is 2. The fraction of sp³-hybridized carbons (Fsp3) is 0.182. The molecular formula is C22H19N7O2S. The number of carbonyl (C=O) groups is 2. The zero-order chi connectivity index (χ0) is 21.9. The summed E-state index contributed by atoms with van der Waals surface area (Å²) in [5.41, 5.74) is 7.20. The molecule has 0 saturated heterocycles. The summed E-state index contributed by atoms with van der Waals surface area (Å²) in [6.45, 7) is 0. The molecule has 0 fully saturated rings. The standard InChI is InChI=1S/C22H19N7O2S/c30-20(14-9-11-15(12-10-14)29-13-23-27-28-29)25-26-21(31)16-5-1-2-6-17(16)22-24-18-7-3-4-8-19(18)32-22/h1-4,7-13,16-17H,5-6H2,(H,25,30)(H,26,31). The summed E-state index contributed by atoms with van der Waals surface area (Å²) in [5, 5.41) is 11.9. The van der Waals surface area contributed by atoms with Crippen molar-refractivity contribution in [1.82, 2.24) is 36.0 Å². The Balaban J connectivity index is 1.25. The second-order valence-corrected chi connectivity index (χ2v) is 8.48. The first-order chi connectivity index (χ1) is 15.7. The summed E-state index contributed by atoms with van der Waals surface area (Å²) in [6, 6.07) is 14.7. The zero-order valence-corrected chi connectivity index (χ0v) is 17.7. The normalized spacial score (nSPS) is 17.9. The molecule has 2 heterocycles. The minimum Gasteiger partial charge on any atom is -0.273 e. The predicted octanol–water partition coefficient (Wildman–Crippen LogP) is 2.78. The summed E-state index contributed by atoms with van der Waals surface area (Å²) < 4.78 is 2.59. The number of rotatable bonds is 4. The van der Waals surface area contributed by atoms with Crippen LogP contribution in [-0.4, -0.2) is 37.0 Å². The van der Waals surface area contributed by atoms with Gasteiger partial charge in [0.1, 0.15) is 6.33 Å². The van der Waals surface area contributed by atoms with Crippen LogP contribution in [0.15, 0.2) is 67.0 Å². The average molecular weight is 446 g/mol. The third kappa shape index (κ3) is 4.00. The van der Waals surface area contributed by atoms with Gasteiger partial charge < -0.3 is 0 Å². The SMILES string of the molecule is O=C(NNC(=O)C1CC=CCC1c1nc2ccccc2s1)c1ccc(-n2cnnn2)cc1. The zero-order valence-electron chi connectivity index (χ0n) is 16.9. The van der Waals surface area contributed by atoms with Crippen LogP contribution in [0.2, 0.25) is 0 Å². The molecule has 5 rings (SSSR count). The molecule has 0 radical (unpaired) electrons. The van der Waals surface area contributed by atoms with Crippen molar-refractivity contribution in [3.63, 3.8) is 0 Å². The van der Waals surface area contributed by atoms with Crippen molar-refractivity contribution in [1.29, 1.82) is 0 Å². The molecule has 1 aliphatic rings. The third-order valence-corrected chi connectivity index (χ3v) is 6.61. The summed E-state index contributed by atoms with van der Waals surface area (Å²) >= 11 is 1.62. The van der Waals surface area contributed by atoms with Gasteiger partial charge in [0.2, 0.25) is 5.91 Å². The molecule has 2 aromatic heterocycles. The van der Waals surface area contributed by atoms with Gasteiger partial charge in [0, 0.05) is 11.5 Å². The number of tetrazole rings is 1. The fourth-order valence-electron chi connectivity index (χ4n) is 3.75. The number of allylic oxidation sites excluding steroid dienone is 2. The number of fused-ring (bicyclic) bond motifs is 1. The minimum atomic E-state index is -0.399. The van der Waals surface area contributed by atoms with Crippen molar-refractivity contribution in [2.24, 2.45) is 5.92 Å². The van der Waals surface area contributed by atoms with E-state index in [1.807, 2.05) is 30.3 Å². The van der Waals surface area contributed by atoms with Gasteiger partial charge >= 0.3 is 0 Å². The second kappa shape index (κ2) is 8.67. The largest absolute Gasteiger partial charge is 0.273 e. The number of para-hydroxylation sites is 1. The molecule has 4 aromatic rings. The van der Waals surface area contributed by atoms with Gasteiger partial charge in [0.25, 0.3) is 5.91 Å². The van der Waals surface area contributed by atoms with E-state index in [-0.39, 0.29) is 17.7 Å². The van der Waals surface area contributed by atoms with Crippen molar-refractivity contribution in [2.75, 3.05) is 0 Å². The predicted molar refractivity (Wildman–Crippen MR) is 119 cm³/mol. The van der Waals surface area contributed by atoms with E-state index in [2.05, 4.69) is 32.5 Å². The molecule has 2 atom stereocenters. The lowest BCUT2D eigenvalue weighted by molar-refractivity contribution is -0.126. The molecule has 0 spiro atoms. The molecule has 1 aliphatic carbocycles. The molecule has 2 amide bonds. The van der Waals surface area contributed by atoms with E-state index in [1.54, 1.807) is 35.6 Å². The smallest absolute Gasteiger partial charge is 0.269 e. The molecular weight excluding hydrogens is 426 g/mol. The Hall–Kier alpha value is -3.92. The number of amides is 2. The highest BCUT2D eigenvalue weighted by Crippen LogP contribution is 2.38. The maximum Gasteiger partial charge on any atom is 0.269 e. The average Bonchev–Trinajstić information content (AvgIpc) is 3.52. The van der Waals surface area contributed by atoms with Gasteiger partial charge in [0.15, 0.2) is 0 Å². The first-order valence-corrected chi connectivity index (χ1v) is 10.9. The molecule has 2 unspecified atom stereocenters. The lowest BCUT2D eigenvalue weighted by atomic mass is 9.83. The van der Waals surface area contributed by atoms with Gasteiger partial charge in [-0.3, -0.25) is 20.4 Å². The molecule has 0 saturated carbocycles. The summed E-state index contributed by atoms with van der Waals surface area (Å²) in [4.78, 5) is 30.2. The third-order valence-electron chi connectivity index (χ3n) is 5.44. The van der Waals surface area contributed by atoms with E-state index in [0.29, 0.717) is 12.0 Å². The number of hydrogen-bond acceptors (Lipinski definition) is 7. The number of hydrazine groups is 1. The first kappa shape index (κ1) is 20.0. The van der Waals surface area contributed by atoms with E-state index in [9.17, 15) is 9.59 Å². The van der Waals surface area contributed by atoms with Gasteiger partial charge in [-0.15, -0.1) is 16.4 Å². The van der Waals surface area contributed by atoms with Gasteiger partial charge in [-0.05, 0) is 59.7 Å². The van der Waals surface area contributed by atoms with Crippen LogP contribution in [0.25, 0.3) is 15.9 Å². The molecule has 9 nitrogen and oxygen atoms in total. The quantitative estimate of drug-likeness (QED) is 0.369. The lowest BCUT2D eigenvalue weighted by Gasteiger charge is -2.26. The molecule has 10 heteroatoms. The van der Waals surface area contributed by atoms with E-state index in [4.69, 9.17) is 4.98 Å². The van der Waals surface area contributed by atoms with Gasteiger partial charge in [-0.25, -0.2) is 9.67 Å². The van der Waals surface area contributed by atoms with Crippen LogP contribution in [0, 0.1) is 5.92 Å². The van der Waals surface area contributed by atoms with Gasteiger partial charge in [0.05, 0.1) is 26.8 Å². The molecule has 160 valence electrons. The Morgan fingerprint density at radius 3 is 2.59 bits per heavy atom. The Morgan fingerprint density at radius 2 is 1.81 bits per heavy atom. The Kier molecular flexibility index (Phi) is 5.42. The van der Waals surface area contributed by atoms with E-state index < -0.39 is 5.91 Å². The van der Waals surface area contributed by atoms with Crippen molar-refractivity contribution in [3.05, 3.63) is 77.6 Å². The number of nitrogens with one attached hydrogen (secondary N) is 2. The Morgan fingerprint density at radius 1 is 1.00 bits per heavy atom. The Labute approximate surface area is 187 Å². The number of carbonyl (C=O) groups excluding carboxylic acids is 2. The van der Waals surface area contributed by atoms with Crippen LogP contribution in [0.5, 0.6) is 0 Å². The molecule has 2 N–H and O–H groups in total. The van der Waals surface area contributed by atoms with Crippen LogP contribution in [0.3, 0.4) is 0 Å². The minimum absolute atomic E-state index is 0.0233. The maximum atomic E-state index is 12.9. The highest BCUT2D eigenvalue weighted by Gasteiger charge is 2.32. The molecule has 0 bridgehead atoms. The maximum absolute atomic E-state index is 12.9. The lowest BCUT2D eigenvalue weighted by Crippen LogP contribution is -2.46. The summed E-state index contributed by atoms with van der Waals surface area (Å²) in [7, 11) is 0. The van der Waals surface area contributed by atoms with Crippen molar-refractivity contribution in [3.8, 4) is 5.69 Å². The van der Waals surface area contributed by atoms with Crippen LogP contribution < -0.4 is 10.9 Å². The van der Waals surface area contributed by atoms with Crippen LogP contribution in [0.1, 0.15) is 34.1 Å². The number of benzene rings is 2. The van der Waals surface area contributed by atoms with Gasteiger partial charge in [-0.1, -0.05) is 24.3 Å².